The van der Waals surface area contributed by atoms with E-state index in [9.17, 15) is 9.90 Å². The quantitative estimate of drug-likeness (QED) is 0.874. The summed E-state index contributed by atoms with van der Waals surface area (Å²) in [5.41, 5.74) is 0.324. The lowest BCUT2D eigenvalue weighted by Crippen LogP contribution is -2.33. The van der Waals surface area contributed by atoms with E-state index in [0.717, 1.165) is 18.2 Å². The lowest BCUT2D eigenvalue weighted by Gasteiger charge is -2.21. The molecule has 0 unspecified atom stereocenters. The van der Waals surface area contributed by atoms with Crippen LogP contribution in [-0.2, 0) is 0 Å². The summed E-state index contributed by atoms with van der Waals surface area (Å²) in [6, 6.07) is 11.0. The van der Waals surface area contributed by atoms with Crippen LogP contribution in [0.1, 0.15) is 23.2 Å². The van der Waals surface area contributed by atoms with Crippen LogP contribution in [0.2, 0.25) is 0 Å². The van der Waals surface area contributed by atoms with Gasteiger partial charge >= 0.3 is 0 Å². The number of benzene rings is 2. The molecule has 1 N–H and O–H groups in total. The maximum atomic E-state index is 12.6. The molecule has 21 heavy (non-hydrogen) atoms. The zero-order chi connectivity index (χ0) is 14.8. The average molecular weight is 279 g/mol. The molecule has 1 aliphatic rings. The van der Waals surface area contributed by atoms with Gasteiger partial charge in [-0.25, -0.2) is 0 Å². The molecule has 0 radical (unpaired) electrons. The van der Waals surface area contributed by atoms with Crippen molar-refractivity contribution in [1.29, 1.82) is 0 Å². The van der Waals surface area contributed by atoms with E-state index in [1.54, 1.807) is 11.0 Å². The second kappa shape index (κ2) is 5.49. The molecule has 2 aromatic rings. The summed E-state index contributed by atoms with van der Waals surface area (Å²) in [4.78, 5) is 14.3. The second-order valence-corrected chi connectivity index (χ2v) is 5.52. The molecular weight excluding hydrogens is 262 g/mol. The molecule has 1 aliphatic carbocycles. The summed E-state index contributed by atoms with van der Waals surface area (Å²) >= 11 is 0. The molecule has 1 fully saturated rings. The smallest absolute Gasteiger partial charge is 0.258 e. The van der Waals surface area contributed by atoms with Crippen molar-refractivity contribution in [2.75, 3.05) is 13.1 Å². The number of rotatable bonds is 4. The monoisotopic (exact) mass is 279 g/mol. The number of phenolic OH excluding ortho intramolecular Hbond substituents is 1. The lowest BCUT2D eigenvalue weighted by molar-refractivity contribution is 0.0767. The van der Waals surface area contributed by atoms with Gasteiger partial charge in [-0.1, -0.05) is 36.3 Å². The number of fused-ring (bicyclic) bond motifs is 1. The first-order valence-electron chi connectivity index (χ1n) is 7.14. The number of carbonyl (C=O) groups is 1. The number of hydrogen-bond donors (Lipinski definition) is 1. The third-order valence-corrected chi connectivity index (χ3v) is 3.88. The van der Waals surface area contributed by atoms with E-state index < -0.39 is 0 Å². The standard InChI is InChI=1S/C18H17NO2/c1-2-11-19(12-13-7-8-13)18(21)16-10-9-14-5-3-4-6-15(14)17(16)20/h1,3-6,9-10,13,20H,7-8,11-12H2. The highest BCUT2D eigenvalue weighted by Gasteiger charge is 2.28. The predicted octanol–water partition coefficient (Wildman–Crippen LogP) is 3.03. The Hall–Kier alpha value is -2.47. The first-order valence-corrected chi connectivity index (χ1v) is 7.14. The molecule has 0 atom stereocenters. The van der Waals surface area contributed by atoms with Crippen molar-refractivity contribution in [2.24, 2.45) is 5.92 Å². The Morgan fingerprint density at radius 3 is 2.76 bits per heavy atom. The van der Waals surface area contributed by atoms with Gasteiger partial charge in [-0.3, -0.25) is 4.79 Å². The summed E-state index contributed by atoms with van der Waals surface area (Å²) in [7, 11) is 0. The largest absolute Gasteiger partial charge is 0.506 e. The number of terminal acetylenes is 1. The topological polar surface area (TPSA) is 40.5 Å². The molecule has 0 spiro atoms. The van der Waals surface area contributed by atoms with Crippen molar-refractivity contribution in [2.45, 2.75) is 12.8 Å². The Balaban J connectivity index is 1.95. The number of nitrogens with zero attached hydrogens (tertiary/aromatic N) is 1. The molecule has 3 rings (SSSR count). The van der Waals surface area contributed by atoms with Gasteiger partial charge in [-0.05, 0) is 30.2 Å². The number of hydrogen-bond acceptors (Lipinski definition) is 2. The minimum absolute atomic E-state index is 0.0379. The third-order valence-electron chi connectivity index (χ3n) is 3.88. The van der Waals surface area contributed by atoms with Crippen LogP contribution in [0.3, 0.4) is 0 Å². The Morgan fingerprint density at radius 1 is 1.29 bits per heavy atom. The molecule has 0 bridgehead atoms. The van der Waals surface area contributed by atoms with E-state index in [1.807, 2.05) is 30.3 Å². The first-order chi connectivity index (χ1) is 10.2. The molecule has 0 aliphatic heterocycles. The van der Waals surface area contributed by atoms with E-state index >= 15 is 0 Å². The highest BCUT2D eigenvalue weighted by molar-refractivity contribution is 6.03. The minimum Gasteiger partial charge on any atom is -0.506 e. The van der Waals surface area contributed by atoms with Gasteiger partial charge in [0.15, 0.2) is 0 Å². The predicted molar refractivity (Wildman–Crippen MR) is 83.1 cm³/mol. The van der Waals surface area contributed by atoms with Crippen LogP contribution in [-0.4, -0.2) is 29.0 Å². The zero-order valence-corrected chi connectivity index (χ0v) is 11.7. The third kappa shape index (κ3) is 2.71. The van der Waals surface area contributed by atoms with Gasteiger partial charge in [-0.2, -0.15) is 0 Å². The molecule has 0 heterocycles. The highest BCUT2D eigenvalue weighted by Crippen LogP contribution is 2.32. The molecule has 3 nitrogen and oxygen atoms in total. The van der Waals surface area contributed by atoms with Crippen LogP contribution in [0, 0.1) is 18.3 Å². The molecule has 2 aromatic carbocycles. The molecule has 3 heteroatoms. The van der Waals surface area contributed by atoms with Gasteiger partial charge in [0.25, 0.3) is 5.91 Å². The van der Waals surface area contributed by atoms with Crippen LogP contribution in [0.5, 0.6) is 5.75 Å². The van der Waals surface area contributed by atoms with E-state index in [1.165, 1.54) is 0 Å². The van der Waals surface area contributed by atoms with E-state index in [2.05, 4.69) is 5.92 Å². The average Bonchev–Trinajstić information content (AvgIpc) is 3.31. The maximum Gasteiger partial charge on any atom is 0.258 e. The Kier molecular flexibility index (Phi) is 3.53. The normalized spacial score (nSPS) is 13.9. The van der Waals surface area contributed by atoms with Crippen molar-refractivity contribution in [1.82, 2.24) is 4.90 Å². The van der Waals surface area contributed by atoms with Crippen LogP contribution < -0.4 is 0 Å². The van der Waals surface area contributed by atoms with Crippen molar-refractivity contribution in [3.8, 4) is 18.1 Å². The first kappa shape index (κ1) is 13.5. The number of aromatic hydroxyl groups is 1. The van der Waals surface area contributed by atoms with Crippen molar-refractivity contribution >= 4 is 16.7 Å². The van der Waals surface area contributed by atoms with Crippen LogP contribution in [0.25, 0.3) is 10.8 Å². The summed E-state index contributed by atoms with van der Waals surface area (Å²) in [5, 5.41) is 12.0. The molecule has 1 saturated carbocycles. The van der Waals surface area contributed by atoms with Gasteiger partial charge in [0.1, 0.15) is 5.75 Å². The maximum absolute atomic E-state index is 12.6. The summed E-state index contributed by atoms with van der Waals surface area (Å²) < 4.78 is 0. The van der Waals surface area contributed by atoms with E-state index in [4.69, 9.17) is 6.42 Å². The molecule has 1 amide bonds. The molecular formula is C18H17NO2. The van der Waals surface area contributed by atoms with Crippen molar-refractivity contribution < 1.29 is 9.90 Å². The minimum atomic E-state index is -0.192. The Morgan fingerprint density at radius 2 is 2.05 bits per heavy atom. The molecule has 106 valence electrons. The van der Waals surface area contributed by atoms with Gasteiger partial charge in [0.05, 0.1) is 12.1 Å². The van der Waals surface area contributed by atoms with Gasteiger partial charge in [0, 0.05) is 11.9 Å². The van der Waals surface area contributed by atoms with Crippen LogP contribution in [0.15, 0.2) is 36.4 Å². The number of amides is 1. The van der Waals surface area contributed by atoms with Gasteiger partial charge < -0.3 is 10.0 Å². The fraction of sp³-hybridized carbons (Fsp3) is 0.278. The SMILES string of the molecule is C#CCN(CC1CC1)C(=O)c1ccc2ccccc2c1O. The number of phenols is 1. The molecule has 0 aromatic heterocycles. The lowest BCUT2D eigenvalue weighted by atomic mass is 10.0. The zero-order valence-electron chi connectivity index (χ0n) is 11.7. The molecule has 0 saturated heterocycles. The fourth-order valence-corrected chi connectivity index (χ4v) is 2.54. The second-order valence-electron chi connectivity index (χ2n) is 5.52. The fourth-order valence-electron chi connectivity index (χ4n) is 2.54. The van der Waals surface area contributed by atoms with E-state index in [0.29, 0.717) is 23.4 Å². The van der Waals surface area contributed by atoms with Crippen molar-refractivity contribution in [3.63, 3.8) is 0 Å². The summed E-state index contributed by atoms with van der Waals surface area (Å²) in [5.74, 6) is 2.94. The van der Waals surface area contributed by atoms with Crippen LogP contribution >= 0.6 is 0 Å². The van der Waals surface area contributed by atoms with Crippen LogP contribution in [0.4, 0.5) is 0 Å². The van der Waals surface area contributed by atoms with Gasteiger partial charge in [-0.15, -0.1) is 6.42 Å². The summed E-state index contributed by atoms with van der Waals surface area (Å²) in [6.45, 7) is 0.955. The van der Waals surface area contributed by atoms with E-state index in [-0.39, 0.29) is 18.2 Å². The summed E-state index contributed by atoms with van der Waals surface area (Å²) in [6.07, 6.45) is 7.67. The number of carbonyl (C=O) groups excluding carboxylic acids is 1. The van der Waals surface area contributed by atoms with Gasteiger partial charge in [0.2, 0.25) is 0 Å². The highest BCUT2D eigenvalue weighted by atomic mass is 16.3. The van der Waals surface area contributed by atoms with Crippen molar-refractivity contribution in [3.05, 3.63) is 42.0 Å². The Bertz CT molecular complexity index is 726. The Labute approximate surface area is 124 Å².